The highest BCUT2D eigenvalue weighted by atomic mass is 16.5. The van der Waals surface area contributed by atoms with Crippen molar-refractivity contribution in [2.45, 2.75) is 317 Å². The Morgan fingerprint density at radius 2 is 0.776 bits per heavy atom. The number of likely N-dealkylation sites (tertiary alicyclic amines) is 1. The minimum Gasteiger partial charge on any atom is -0.466 e. The zero-order valence-corrected chi connectivity index (χ0v) is 45.9. The molecule has 1 saturated heterocycles. The van der Waals surface area contributed by atoms with Gasteiger partial charge >= 0.3 is 11.9 Å². The normalized spacial score (nSPS) is 14.7. The van der Waals surface area contributed by atoms with Crippen LogP contribution >= 0.6 is 0 Å². The highest BCUT2D eigenvalue weighted by molar-refractivity contribution is 5.78. The number of hydrogen-bond donors (Lipinski definition) is 0. The number of esters is 2. The zero-order valence-electron chi connectivity index (χ0n) is 45.9. The molecule has 1 aliphatic rings. The fourth-order valence-corrected chi connectivity index (χ4v) is 10.8. The Morgan fingerprint density at radius 1 is 0.418 bits per heavy atom. The Labute approximate surface area is 418 Å². The van der Waals surface area contributed by atoms with Gasteiger partial charge in [0.1, 0.15) is 5.78 Å². The maximum Gasteiger partial charge on any atom is 0.310 e. The van der Waals surface area contributed by atoms with Gasteiger partial charge in [-0.05, 0) is 76.3 Å². The Bertz CT molecular complexity index is 993. The minimum absolute atomic E-state index is 0.0190. The van der Waals surface area contributed by atoms with Crippen LogP contribution in [0.15, 0.2) is 0 Å². The van der Waals surface area contributed by atoms with E-state index in [4.69, 9.17) is 9.47 Å². The number of hydrogen-bond acceptors (Lipinski definition) is 6. The van der Waals surface area contributed by atoms with Gasteiger partial charge in [0.15, 0.2) is 0 Å². The second-order valence-electron chi connectivity index (χ2n) is 22.0. The summed E-state index contributed by atoms with van der Waals surface area (Å²) in [6, 6.07) is 0. The topological polar surface area (TPSA) is 72.9 Å². The second kappa shape index (κ2) is 48.2. The monoisotopic (exact) mass is 944 g/mol. The highest BCUT2D eigenvalue weighted by Gasteiger charge is 2.28. The average molecular weight is 945 g/mol. The van der Waals surface area contributed by atoms with E-state index < -0.39 is 0 Å². The molecule has 0 aromatic carbocycles. The number of ether oxygens (including phenoxy) is 2. The van der Waals surface area contributed by atoms with Gasteiger partial charge in [0.25, 0.3) is 0 Å². The van der Waals surface area contributed by atoms with Crippen LogP contribution in [-0.4, -0.2) is 56.0 Å². The first-order valence-corrected chi connectivity index (χ1v) is 30.3. The molecule has 0 aliphatic carbocycles. The summed E-state index contributed by atoms with van der Waals surface area (Å²) in [6.07, 6.45) is 54.9. The summed E-state index contributed by atoms with van der Waals surface area (Å²) >= 11 is 0. The van der Waals surface area contributed by atoms with Crippen molar-refractivity contribution in [3.8, 4) is 0 Å². The summed E-state index contributed by atoms with van der Waals surface area (Å²) in [4.78, 5) is 41.2. The van der Waals surface area contributed by atoms with Crippen LogP contribution in [0.2, 0.25) is 0 Å². The molecule has 1 fully saturated rings. The molecule has 396 valence electrons. The smallest absolute Gasteiger partial charge is 0.310 e. The summed E-state index contributed by atoms with van der Waals surface area (Å²) in [5.41, 5.74) is 0. The van der Waals surface area contributed by atoms with E-state index in [1.165, 1.54) is 212 Å². The molecule has 1 heterocycles. The molecular weight excluding hydrogens is 827 g/mol. The maximum absolute atomic E-state index is 13.1. The number of rotatable bonds is 52. The van der Waals surface area contributed by atoms with Crippen molar-refractivity contribution in [1.82, 2.24) is 4.90 Å². The lowest BCUT2D eigenvalue weighted by Crippen LogP contribution is -2.24. The quantitative estimate of drug-likeness (QED) is 0.0447. The van der Waals surface area contributed by atoms with Crippen LogP contribution in [0.25, 0.3) is 0 Å². The van der Waals surface area contributed by atoms with Gasteiger partial charge in [-0.15, -0.1) is 0 Å². The largest absolute Gasteiger partial charge is 0.466 e. The lowest BCUT2D eigenvalue weighted by molar-refractivity contribution is -0.149. The standard InChI is InChI=1S/C61H117NO5/c1-6-10-14-18-22-26-30-39-55(40-31-27-23-19-15-11-7-2)45-38-47-59(63)46-36-34-43-57(54-67-61(65)58-49-51-62(5)53-58)44-35-37-48-60(64)66-52-50-56(41-32-28-24-20-16-12-8-3)42-33-29-25-21-17-13-9-4/h55-58H,6-54H2,1-5H3. The first-order valence-electron chi connectivity index (χ1n) is 30.3. The summed E-state index contributed by atoms with van der Waals surface area (Å²) < 4.78 is 11.8. The summed E-state index contributed by atoms with van der Waals surface area (Å²) in [5.74, 6) is 2.03. The van der Waals surface area contributed by atoms with Gasteiger partial charge < -0.3 is 14.4 Å². The fourth-order valence-electron chi connectivity index (χ4n) is 10.8. The number of Topliss-reactive ketones (excluding diaryl/α,β-unsaturated/α-hetero) is 1. The van der Waals surface area contributed by atoms with Gasteiger partial charge in [-0.2, -0.15) is 0 Å². The van der Waals surface area contributed by atoms with E-state index in [0.29, 0.717) is 37.8 Å². The van der Waals surface area contributed by atoms with Gasteiger partial charge in [-0.25, -0.2) is 0 Å². The Kier molecular flexibility index (Phi) is 45.8. The Morgan fingerprint density at radius 3 is 1.21 bits per heavy atom. The van der Waals surface area contributed by atoms with E-state index in [0.717, 1.165) is 83.2 Å². The maximum atomic E-state index is 13.1. The lowest BCUT2D eigenvalue weighted by Gasteiger charge is -2.19. The highest BCUT2D eigenvalue weighted by Crippen LogP contribution is 2.27. The van der Waals surface area contributed by atoms with Gasteiger partial charge in [0.05, 0.1) is 19.1 Å². The SMILES string of the molecule is CCCCCCCCCC(CCCCCCCCC)CCCC(=O)CCCCC(CCCCC(=O)OCCC(CCCCCCCCC)CCCCCCCCC)COC(=O)C1CCN(C)C1. The molecule has 1 rings (SSSR count). The van der Waals surface area contributed by atoms with Gasteiger partial charge in [0, 0.05) is 25.8 Å². The number of ketones is 1. The van der Waals surface area contributed by atoms with Crippen molar-refractivity contribution in [2.24, 2.45) is 23.7 Å². The van der Waals surface area contributed by atoms with Crippen molar-refractivity contribution in [2.75, 3.05) is 33.4 Å². The van der Waals surface area contributed by atoms with Crippen molar-refractivity contribution >= 4 is 17.7 Å². The van der Waals surface area contributed by atoms with E-state index >= 15 is 0 Å². The molecule has 6 nitrogen and oxygen atoms in total. The molecule has 0 radical (unpaired) electrons. The van der Waals surface area contributed by atoms with E-state index in [2.05, 4.69) is 39.6 Å². The Hall–Kier alpha value is -1.43. The van der Waals surface area contributed by atoms with Gasteiger partial charge in [-0.1, -0.05) is 252 Å². The molecule has 6 heteroatoms. The van der Waals surface area contributed by atoms with Crippen LogP contribution < -0.4 is 0 Å². The summed E-state index contributed by atoms with van der Waals surface area (Å²) in [6.45, 7) is 11.9. The Balaban J connectivity index is 2.52. The lowest BCUT2D eigenvalue weighted by atomic mass is 9.89. The number of carbonyl (C=O) groups is 3. The molecule has 0 bridgehead atoms. The third kappa shape index (κ3) is 40.9. The van der Waals surface area contributed by atoms with E-state index in [1.807, 2.05) is 0 Å². The van der Waals surface area contributed by atoms with E-state index in [-0.39, 0.29) is 23.8 Å². The molecule has 2 atom stereocenters. The summed E-state index contributed by atoms with van der Waals surface area (Å²) in [5, 5.41) is 0. The number of carbonyl (C=O) groups excluding carboxylic acids is 3. The fraction of sp³-hybridized carbons (Fsp3) is 0.951. The second-order valence-corrected chi connectivity index (χ2v) is 22.0. The molecule has 0 aromatic heterocycles. The van der Waals surface area contributed by atoms with Crippen LogP contribution in [-0.2, 0) is 23.9 Å². The molecule has 2 unspecified atom stereocenters. The third-order valence-electron chi connectivity index (χ3n) is 15.5. The first kappa shape index (κ1) is 63.6. The van der Waals surface area contributed by atoms with Crippen LogP contribution in [0.5, 0.6) is 0 Å². The van der Waals surface area contributed by atoms with Crippen LogP contribution in [0, 0.1) is 23.7 Å². The minimum atomic E-state index is -0.0561. The molecule has 0 spiro atoms. The van der Waals surface area contributed by atoms with Crippen LogP contribution in [0.3, 0.4) is 0 Å². The summed E-state index contributed by atoms with van der Waals surface area (Å²) in [7, 11) is 2.07. The van der Waals surface area contributed by atoms with E-state index in [9.17, 15) is 14.4 Å². The third-order valence-corrected chi connectivity index (χ3v) is 15.5. The molecular formula is C61H117NO5. The van der Waals surface area contributed by atoms with Crippen molar-refractivity contribution in [3.05, 3.63) is 0 Å². The van der Waals surface area contributed by atoms with E-state index in [1.54, 1.807) is 0 Å². The molecule has 0 saturated carbocycles. The number of nitrogens with zero attached hydrogens (tertiary/aromatic N) is 1. The van der Waals surface area contributed by atoms with Crippen molar-refractivity contribution in [1.29, 1.82) is 0 Å². The molecule has 0 amide bonds. The molecule has 0 N–H and O–H groups in total. The zero-order chi connectivity index (χ0) is 48.7. The number of unbranched alkanes of at least 4 members (excludes halogenated alkanes) is 26. The predicted molar refractivity (Wildman–Crippen MR) is 289 cm³/mol. The molecule has 67 heavy (non-hydrogen) atoms. The van der Waals surface area contributed by atoms with Crippen molar-refractivity contribution in [3.63, 3.8) is 0 Å². The van der Waals surface area contributed by atoms with Crippen LogP contribution in [0.1, 0.15) is 317 Å². The van der Waals surface area contributed by atoms with Gasteiger partial charge in [-0.3, -0.25) is 14.4 Å². The average Bonchev–Trinajstić information content (AvgIpc) is 3.77. The van der Waals surface area contributed by atoms with Crippen LogP contribution in [0.4, 0.5) is 0 Å². The molecule has 1 aliphatic heterocycles. The molecule has 0 aromatic rings. The predicted octanol–water partition coefficient (Wildman–Crippen LogP) is 18.7. The first-order chi connectivity index (χ1) is 32.8. The van der Waals surface area contributed by atoms with Crippen molar-refractivity contribution < 1.29 is 23.9 Å². The van der Waals surface area contributed by atoms with Gasteiger partial charge in [0.2, 0.25) is 0 Å².